The molecule has 0 spiro atoms. The van der Waals surface area contributed by atoms with Crippen molar-refractivity contribution < 1.29 is 4.79 Å². The predicted octanol–water partition coefficient (Wildman–Crippen LogP) is 3.62. The second kappa shape index (κ2) is 11.6. The molecule has 4 aromatic rings. The molecular weight excluding hydrogens is 500 g/mol. The summed E-state index contributed by atoms with van der Waals surface area (Å²) in [6, 6.07) is 16.7. The minimum atomic E-state index is -0.0202. The molecule has 4 N–H and O–H groups in total. The maximum absolute atomic E-state index is 12.1. The Labute approximate surface area is 234 Å². The molecule has 1 amide bonds. The molecule has 206 valence electrons. The van der Waals surface area contributed by atoms with Crippen molar-refractivity contribution in [2.45, 2.75) is 31.1 Å². The van der Waals surface area contributed by atoms with Gasteiger partial charge in [0.05, 0.1) is 5.56 Å². The van der Waals surface area contributed by atoms with Crippen LogP contribution >= 0.6 is 0 Å². The molecule has 0 radical (unpaired) electrons. The number of hydrogen-bond donors (Lipinski definition) is 3. The summed E-state index contributed by atoms with van der Waals surface area (Å²) in [4.78, 5) is 28.3. The molecule has 1 aliphatic heterocycles. The van der Waals surface area contributed by atoms with Crippen LogP contribution in [0.1, 0.15) is 42.4 Å². The first-order valence-corrected chi connectivity index (χ1v) is 14.2. The number of aromatic nitrogens is 4. The van der Waals surface area contributed by atoms with Gasteiger partial charge in [-0.25, -0.2) is 15.0 Å². The van der Waals surface area contributed by atoms with E-state index in [0.717, 1.165) is 66.5 Å². The van der Waals surface area contributed by atoms with Crippen LogP contribution in [0.4, 0.5) is 5.82 Å². The minimum absolute atomic E-state index is 0.0202. The fourth-order valence-corrected chi connectivity index (χ4v) is 5.46. The highest BCUT2D eigenvalue weighted by Gasteiger charge is 2.27. The van der Waals surface area contributed by atoms with Crippen molar-refractivity contribution in [3.63, 3.8) is 0 Å². The van der Waals surface area contributed by atoms with Gasteiger partial charge in [0.15, 0.2) is 11.5 Å². The van der Waals surface area contributed by atoms with Crippen molar-refractivity contribution in [1.82, 2.24) is 35.1 Å². The van der Waals surface area contributed by atoms with E-state index in [1.165, 1.54) is 24.5 Å². The molecule has 9 heteroatoms. The number of hydrogen-bond acceptors (Lipinski definition) is 7. The fraction of sp³-hybridized carbons (Fsp3) is 0.355. The van der Waals surface area contributed by atoms with Crippen LogP contribution in [0.15, 0.2) is 67.4 Å². The lowest BCUT2D eigenvalue weighted by molar-refractivity contribution is -0.125. The number of carbonyl (C=O) groups is 1. The van der Waals surface area contributed by atoms with Gasteiger partial charge >= 0.3 is 0 Å². The number of amides is 1. The summed E-state index contributed by atoms with van der Waals surface area (Å²) in [5.74, 6) is 2.06. The molecule has 3 aromatic heterocycles. The molecule has 0 unspecified atom stereocenters. The molecule has 2 aliphatic rings. The van der Waals surface area contributed by atoms with E-state index in [9.17, 15) is 4.79 Å². The van der Waals surface area contributed by atoms with E-state index in [-0.39, 0.29) is 5.91 Å². The highest BCUT2D eigenvalue weighted by molar-refractivity contribution is 5.87. The van der Waals surface area contributed by atoms with Crippen LogP contribution in [0.2, 0.25) is 0 Å². The van der Waals surface area contributed by atoms with Crippen LogP contribution < -0.4 is 16.4 Å². The number of carbonyl (C=O) groups excluding carboxylic acids is 1. The lowest BCUT2D eigenvalue weighted by Crippen LogP contribution is -2.39. The number of benzene rings is 1. The highest BCUT2D eigenvalue weighted by Crippen LogP contribution is 2.40. The molecule has 6 rings (SSSR count). The Morgan fingerprint density at radius 1 is 0.950 bits per heavy atom. The van der Waals surface area contributed by atoms with E-state index in [1.807, 2.05) is 17.0 Å². The van der Waals surface area contributed by atoms with Gasteiger partial charge in [0.2, 0.25) is 5.91 Å². The van der Waals surface area contributed by atoms with Crippen molar-refractivity contribution in [2.75, 3.05) is 45.0 Å². The van der Waals surface area contributed by atoms with Gasteiger partial charge in [-0.1, -0.05) is 18.7 Å². The number of rotatable bonds is 5. The third-order valence-corrected chi connectivity index (χ3v) is 7.89. The van der Waals surface area contributed by atoms with Crippen LogP contribution in [0.25, 0.3) is 28.2 Å². The second-order valence-electron chi connectivity index (χ2n) is 10.6. The van der Waals surface area contributed by atoms with Crippen LogP contribution in [0.3, 0.4) is 0 Å². The van der Waals surface area contributed by atoms with E-state index in [2.05, 4.69) is 63.2 Å². The summed E-state index contributed by atoms with van der Waals surface area (Å²) in [7, 11) is 0. The lowest BCUT2D eigenvalue weighted by Gasteiger charge is -2.21. The van der Waals surface area contributed by atoms with Gasteiger partial charge in [-0.3, -0.25) is 9.36 Å². The first kappa shape index (κ1) is 26.2. The maximum Gasteiger partial charge on any atom is 0.246 e. The third kappa shape index (κ3) is 5.48. The number of nitrogens with two attached hydrogens (primary N) is 1. The molecule has 1 aliphatic carbocycles. The van der Waals surface area contributed by atoms with Gasteiger partial charge in [-0.05, 0) is 79.8 Å². The molecule has 9 nitrogen and oxygen atoms in total. The van der Waals surface area contributed by atoms with E-state index in [1.54, 1.807) is 6.20 Å². The first-order chi connectivity index (χ1) is 19.6. The van der Waals surface area contributed by atoms with Gasteiger partial charge < -0.3 is 21.3 Å². The first-order valence-electron chi connectivity index (χ1n) is 14.2. The Hall–Kier alpha value is -4.08. The van der Waals surface area contributed by atoms with Crippen molar-refractivity contribution >= 4 is 22.9 Å². The van der Waals surface area contributed by atoms with Gasteiger partial charge in [0.25, 0.3) is 0 Å². The zero-order valence-electron chi connectivity index (χ0n) is 22.7. The van der Waals surface area contributed by atoms with Crippen molar-refractivity contribution in [3.05, 3.63) is 78.6 Å². The summed E-state index contributed by atoms with van der Waals surface area (Å²) in [6.07, 6.45) is 6.47. The van der Waals surface area contributed by atoms with Gasteiger partial charge in [-0.2, -0.15) is 0 Å². The number of nitrogens with one attached hydrogen (secondary N) is 2. The Kier molecular flexibility index (Phi) is 7.57. The molecule has 1 saturated heterocycles. The van der Waals surface area contributed by atoms with Crippen LogP contribution in [-0.4, -0.2) is 69.6 Å². The summed E-state index contributed by atoms with van der Waals surface area (Å²) >= 11 is 0. The quantitative estimate of drug-likeness (QED) is 0.334. The smallest absolute Gasteiger partial charge is 0.246 e. The van der Waals surface area contributed by atoms with Crippen molar-refractivity contribution in [2.24, 2.45) is 0 Å². The van der Waals surface area contributed by atoms with Crippen LogP contribution in [-0.2, 0) is 4.79 Å². The topological polar surface area (TPSA) is 114 Å². The zero-order chi connectivity index (χ0) is 27.5. The molecular formula is C31H36N8O. The largest absolute Gasteiger partial charge is 0.383 e. The van der Waals surface area contributed by atoms with Gasteiger partial charge in [0, 0.05) is 56.2 Å². The predicted molar refractivity (Wildman–Crippen MR) is 158 cm³/mol. The molecule has 4 heterocycles. The SMILES string of the molecule is C=CC(=O)N1CCNCC[C@@H](c2ccc(-n3c(-c4cccnc4N)nc4ccc(C5CC5)nc43)cc2)CNCC1. The molecule has 0 bridgehead atoms. The summed E-state index contributed by atoms with van der Waals surface area (Å²) in [5, 5.41) is 7.07. The highest BCUT2D eigenvalue weighted by atomic mass is 16.2. The number of nitrogens with zero attached hydrogens (tertiary/aromatic N) is 5. The zero-order valence-corrected chi connectivity index (χ0v) is 22.7. The molecule has 1 saturated carbocycles. The van der Waals surface area contributed by atoms with Gasteiger partial charge in [0.1, 0.15) is 11.3 Å². The van der Waals surface area contributed by atoms with E-state index >= 15 is 0 Å². The number of nitrogen functional groups attached to an aromatic ring is 1. The maximum atomic E-state index is 12.1. The average molecular weight is 537 g/mol. The van der Waals surface area contributed by atoms with E-state index < -0.39 is 0 Å². The third-order valence-electron chi connectivity index (χ3n) is 7.89. The van der Waals surface area contributed by atoms with Crippen molar-refractivity contribution in [1.29, 1.82) is 0 Å². The Balaban J connectivity index is 1.30. The lowest BCUT2D eigenvalue weighted by atomic mass is 9.95. The van der Waals surface area contributed by atoms with E-state index in [0.29, 0.717) is 30.7 Å². The monoisotopic (exact) mass is 536 g/mol. The minimum Gasteiger partial charge on any atom is -0.383 e. The Morgan fingerprint density at radius 3 is 2.50 bits per heavy atom. The molecule has 1 aromatic carbocycles. The normalized spacial score (nSPS) is 18.8. The van der Waals surface area contributed by atoms with Crippen LogP contribution in [0.5, 0.6) is 0 Å². The van der Waals surface area contributed by atoms with Crippen molar-refractivity contribution in [3.8, 4) is 17.1 Å². The van der Waals surface area contributed by atoms with Gasteiger partial charge in [-0.15, -0.1) is 0 Å². The molecule has 40 heavy (non-hydrogen) atoms. The molecule has 1 atom stereocenters. The Morgan fingerprint density at radius 2 is 1.75 bits per heavy atom. The number of imidazole rings is 1. The number of pyridine rings is 2. The number of anilines is 1. The fourth-order valence-electron chi connectivity index (χ4n) is 5.46. The average Bonchev–Trinajstić information content (AvgIpc) is 3.77. The standard InChI is InChI=1S/C31H36N8O/c1-2-28(40)38-18-16-33-15-13-23(20-34-17-19-38)21-7-9-24(10-8-21)39-30(25-4-3-14-35-29(25)32)37-27-12-11-26(22-5-6-22)36-31(27)39/h2-4,7-12,14,22-23,33-34H,1,5-6,13,15-20H2,(H2,32,35)/t23-/m1/s1. The summed E-state index contributed by atoms with van der Waals surface area (Å²) < 4.78 is 2.11. The summed E-state index contributed by atoms with van der Waals surface area (Å²) in [5.41, 5.74) is 12.2. The van der Waals surface area contributed by atoms with E-state index in [4.69, 9.17) is 15.7 Å². The van der Waals surface area contributed by atoms with Crippen LogP contribution in [0, 0.1) is 0 Å². The summed E-state index contributed by atoms with van der Waals surface area (Å²) in [6.45, 7) is 8.24. The molecule has 2 fully saturated rings. The second-order valence-corrected chi connectivity index (χ2v) is 10.6. The number of fused-ring (bicyclic) bond motifs is 1. The Bertz CT molecular complexity index is 1510.